The third-order valence-electron chi connectivity index (χ3n) is 2.40. The van der Waals surface area contributed by atoms with Crippen molar-refractivity contribution in [1.29, 1.82) is 0 Å². The molecule has 0 saturated carbocycles. The molecule has 0 atom stereocenters. The van der Waals surface area contributed by atoms with E-state index in [1.54, 1.807) is 0 Å². The van der Waals surface area contributed by atoms with Gasteiger partial charge in [-0.15, -0.1) is 6.42 Å². The molecule has 110 valence electrons. The minimum atomic E-state index is -1.09. The topological polar surface area (TPSA) is 113 Å². The third kappa shape index (κ3) is 5.71. The van der Waals surface area contributed by atoms with Gasteiger partial charge in [0.1, 0.15) is 0 Å². The monoisotopic (exact) mass is 291 g/mol. The zero-order valence-electron chi connectivity index (χ0n) is 11.0. The molecule has 8 nitrogen and oxygen atoms in total. The van der Waals surface area contributed by atoms with Gasteiger partial charge < -0.3 is 10.4 Å². The first kappa shape index (κ1) is 16.1. The van der Waals surface area contributed by atoms with Gasteiger partial charge in [-0.25, -0.2) is 0 Å². The number of amides is 1. The van der Waals surface area contributed by atoms with Crippen LogP contribution in [0.1, 0.15) is 0 Å². The van der Waals surface area contributed by atoms with Crippen LogP contribution >= 0.6 is 0 Å². The van der Waals surface area contributed by atoms with E-state index in [1.165, 1.54) is 29.2 Å². The van der Waals surface area contributed by atoms with Crippen molar-refractivity contribution in [3.05, 3.63) is 34.4 Å². The van der Waals surface area contributed by atoms with Crippen LogP contribution in [0.4, 0.5) is 11.4 Å². The Bertz CT molecular complexity index is 576. The third-order valence-corrected chi connectivity index (χ3v) is 2.40. The number of benzene rings is 1. The summed E-state index contributed by atoms with van der Waals surface area (Å²) in [5, 5.41) is 21.7. The van der Waals surface area contributed by atoms with E-state index in [9.17, 15) is 19.7 Å². The lowest BCUT2D eigenvalue weighted by Crippen LogP contribution is -2.37. The number of carbonyl (C=O) groups excluding carboxylic acids is 1. The molecule has 0 aliphatic rings. The maximum absolute atomic E-state index is 11.7. The first-order valence-electron chi connectivity index (χ1n) is 5.84. The molecule has 0 aliphatic heterocycles. The molecule has 21 heavy (non-hydrogen) atoms. The van der Waals surface area contributed by atoms with E-state index in [2.05, 4.69) is 11.2 Å². The molecular formula is C13H13N3O5. The van der Waals surface area contributed by atoms with Crippen molar-refractivity contribution in [2.75, 3.05) is 25.0 Å². The fourth-order valence-corrected chi connectivity index (χ4v) is 1.56. The van der Waals surface area contributed by atoms with E-state index < -0.39 is 16.8 Å². The molecule has 8 heteroatoms. The highest BCUT2D eigenvalue weighted by atomic mass is 16.6. The summed E-state index contributed by atoms with van der Waals surface area (Å²) >= 11 is 0. The van der Waals surface area contributed by atoms with E-state index in [0.29, 0.717) is 5.69 Å². The van der Waals surface area contributed by atoms with Crippen LogP contribution in [0.2, 0.25) is 0 Å². The van der Waals surface area contributed by atoms with Gasteiger partial charge in [0.25, 0.3) is 5.69 Å². The van der Waals surface area contributed by atoms with Gasteiger partial charge >= 0.3 is 5.97 Å². The average molecular weight is 291 g/mol. The summed E-state index contributed by atoms with van der Waals surface area (Å²) in [4.78, 5) is 33.6. The van der Waals surface area contributed by atoms with Crippen LogP contribution in [0, 0.1) is 22.5 Å². The molecule has 1 amide bonds. The Morgan fingerprint density at radius 2 is 1.95 bits per heavy atom. The summed E-state index contributed by atoms with van der Waals surface area (Å²) in [5.41, 5.74) is 0.286. The number of carbonyl (C=O) groups is 2. The minimum absolute atomic E-state index is 0.0278. The van der Waals surface area contributed by atoms with E-state index in [4.69, 9.17) is 11.5 Å². The van der Waals surface area contributed by atoms with Gasteiger partial charge in [-0.05, 0) is 12.1 Å². The van der Waals surface area contributed by atoms with Crippen molar-refractivity contribution in [2.24, 2.45) is 0 Å². The fourth-order valence-electron chi connectivity index (χ4n) is 1.56. The normalized spacial score (nSPS) is 9.90. The molecule has 1 aromatic carbocycles. The number of carboxylic acids is 1. The summed E-state index contributed by atoms with van der Waals surface area (Å²) in [6.45, 7) is -0.509. The van der Waals surface area contributed by atoms with Crippen LogP contribution in [0.25, 0.3) is 0 Å². The maximum atomic E-state index is 11.7. The lowest BCUT2D eigenvalue weighted by Gasteiger charge is -2.16. The number of nitro groups is 1. The predicted octanol–water partition coefficient (Wildman–Crippen LogP) is 0.553. The number of carboxylic acid groups (broad SMARTS) is 1. The molecule has 0 heterocycles. The first-order valence-corrected chi connectivity index (χ1v) is 5.84. The van der Waals surface area contributed by atoms with Gasteiger partial charge in [0, 0.05) is 17.8 Å². The molecule has 0 bridgehead atoms. The van der Waals surface area contributed by atoms with Crippen LogP contribution in [0.15, 0.2) is 24.3 Å². The Hall–Kier alpha value is -2.92. The van der Waals surface area contributed by atoms with Gasteiger partial charge in [-0.2, -0.15) is 0 Å². The van der Waals surface area contributed by atoms with Gasteiger partial charge in [-0.3, -0.25) is 24.6 Å². The van der Waals surface area contributed by atoms with Crippen molar-refractivity contribution >= 4 is 23.3 Å². The standard InChI is InChI=1S/C13H13N3O5/c1-2-7-15(9-13(18)19)8-12(17)14-10-3-5-11(6-4-10)16(20)21/h1,3-6H,7-9H2,(H,14,17)(H,18,19). The summed E-state index contributed by atoms with van der Waals surface area (Å²) in [7, 11) is 0. The number of nitrogens with zero attached hydrogens (tertiary/aromatic N) is 2. The Kier molecular flexibility index (Phi) is 5.85. The first-order chi connectivity index (χ1) is 9.92. The van der Waals surface area contributed by atoms with Crippen LogP contribution in [0.5, 0.6) is 0 Å². The van der Waals surface area contributed by atoms with Crippen LogP contribution in [-0.4, -0.2) is 46.4 Å². The number of terminal acetylenes is 1. The lowest BCUT2D eigenvalue weighted by molar-refractivity contribution is -0.384. The highest BCUT2D eigenvalue weighted by Crippen LogP contribution is 2.15. The maximum Gasteiger partial charge on any atom is 0.317 e. The molecule has 0 aliphatic carbocycles. The molecule has 0 unspecified atom stereocenters. The number of non-ortho nitro benzene ring substituents is 1. The molecule has 1 aromatic rings. The van der Waals surface area contributed by atoms with Crippen LogP contribution in [0.3, 0.4) is 0 Å². The van der Waals surface area contributed by atoms with Crippen LogP contribution in [-0.2, 0) is 9.59 Å². The molecule has 0 fully saturated rings. The second-order valence-corrected chi connectivity index (χ2v) is 4.10. The Labute approximate surface area is 120 Å². The highest BCUT2D eigenvalue weighted by Gasteiger charge is 2.13. The van der Waals surface area contributed by atoms with Crippen molar-refractivity contribution in [2.45, 2.75) is 0 Å². The van der Waals surface area contributed by atoms with Gasteiger partial charge in [0.2, 0.25) is 5.91 Å². The second-order valence-electron chi connectivity index (χ2n) is 4.10. The van der Waals surface area contributed by atoms with E-state index in [-0.39, 0.29) is 25.3 Å². The van der Waals surface area contributed by atoms with E-state index >= 15 is 0 Å². The van der Waals surface area contributed by atoms with E-state index in [0.717, 1.165) is 0 Å². The highest BCUT2D eigenvalue weighted by molar-refractivity contribution is 5.92. The van der Waals surface area contributed by atoms with Gasteiger partial charge in [0.05, 0.1) is 24.6 Å². The van der Waals surface area contributed by atoms with Crippen molar-refractivity contribution < 1.29 is 19.6 Å². The zero-order valence-corrected chi connectivity index (χ0v) is 11.0. The molecule has 0 spiro atoms. The summed E-state index contributed by atoms with van der Waals surface area (Å²) in [6, 6.07) is 5.29. The minimum Gasteiger partial charge on any atom is -0.480 e. The second kappa shape index (κ2) is 7.62. The summed E-state index contributed by atoms with van der Waals surface area (Å²) < 4.78 is 0. The Morgan fingerprint density at radius 1 is 1.33 bits per heavy atom. The van der Waals surface area contributed by atoms with Crippen molar-refractivity contribution in [3.63, 3.8) is 0 Å². The van der Waals surface area contributed by atoms with Crippen molar-refractivity contribution in [1.82, 2.24) is 4.90 Å². The SMILES string of the molecule is C#CCN(CC(=O)O)CC(=O)Nc1ccc([N+](=O)[O-])cc1. The Morgan fingerprint density at radius 3 is 2.43 bits per heavy atom. The zero-order chi connectivity index (χ0) is 15.8. The number of rotatable bonds is 7. The number of hydrogen-bond acceptors (Lipinski definition) is 5. The largest absolute Gasteiger partial charge is 0.480 e. The summed E-state index contributed by atoms with van der Waals surface area (Å²) in [5.74, 6) is 0.722. The molecular weight excluding hydrogens is 278 g/mol. The molecule has 1 rings (SSSR count). The Balaban J connectivity index is 2.61. The van der Waals surface area contributed by atoms with Crippen molar-refractivity contribution in [3.8, 4) is 12.3 Å². The molecule has 0 aromatic heterocycles. The fraction of sp³-hybridized carbons (Fsp3) is 0.231. The van der Waals surface area contributed by atoms with E-state index in [1.807, 2.05) is 0 Å². The number of nitro benzene ring substituents is 1. The van der Waals surface area contributed by atoms with Gasteiger partial charge in [-0.1, -0.05) is 5.92 Å². The number of aliphatic carboxylic acids is 1. The number of nitrogens with one attached hydrogen (secondary N) is 1. The average Bonchev–Trinajstić information content (AvgIpc) is 2.38. The van der Waals surface area contributed by atoms with Crippen LogP contribution < -0.4 is 5.32 Å². The smallest absolute Gasteiger partial charge is 0.317 e. The number of hydrogen-bond donors (Lipinski definition) is 2. The quantitative estimate of drug-likeness (QED) is 0.431. The number of anilines is 1. The predicted molar refractivity (Wildman–Crippen MR) is 74.6 cm³/mol. The summed E-state index contributed by atoms with van der Waals surface area (Å²) in [6.07, 6.45) is 5.10. The molecule has 2 N–H and O–H groups in total. The molecule has 0 saturated heterocycles. The molecule has 0 radical (unpaired) electrons. The van der Waals surface area contributed by atoms with Gasteiger partial charge in [0.15, 0.2) is 0 Å². The lowest BCUT2D eigenvalue weighted by atomic mass is 10.3.